The van der Waals surface area contributed by atoms with E-state index in [4.69, 9.17) is 39.5 Å². The van der Waals surface area contributed by atoms with Crippen LogP contribution in [0.4, 0.5) is 0 Å². The predicted octanol–water partition coefficient (Wildman–Crippen LogP) is 4.87. The Hall–Kier alpha value is -1.42. The molecule has 0 aromatic heterocycles. The maximum absolute atomic E-state index is 12.0. The molecule has 2 aromatic rings. The van der Waals surface area contributed by atoms with Crippen LogP contribution < -0.4 is 10.1 Å². The molecule has 1 aliphatic rings. The summed E-state index contributed by atoms with van der Waals surface area (Å²) in [5, 5.41) is 4.56. The second-order valence-electron chi connectivity index (χ2n) is 5.93. The van der Waals surface area contributed by atoms with E-state index < -0.39 is 0 Å². The van der Waals surface area contributed by atoms with Crippen molar-refractivity contribution in [2.75, 3.05) is 13.2 Å². The number of benzene rings is 2. The van der Waals surface area contributed by atoms with Crippen LogP contribution in [0.15, 0.2) is 42.5 Å². The van der Waals surface area contributed by atoms with Gasteiger partial charge in [-0.15, -0.1) is 0 Å². The summed E-state index contributed by atoms with van der Waals surface area (Å²) in [6.07, 6.45) is 2.11. The van der Waals surface area contributed by atoms with Crippen molar-refractivity contribution >= 4 is 40.7 Å². The van der Waals surface area contributed by atoms with E-state index in [1.807, 2.05) is 24.3 Å². The first-order valence-electron chi connectivity index (χ1n) is 7.59. The van der Waals surface area contributed by atoms with Gasteiger partial charge in [-0.05, 0) is 48.7 Å². The smallest absolute Gasteiger partial charge is 0.257 e. The van der Waals surface area contributed by atoms with Gasteiger partial charge in [0.05, 0.1) is 5.02 Å². The maximum atomic E-state index is 12.0. The Morgan fingerprint density at radius 3 is 2.33 bits per heavy atom. The number of nitrogens with one attached hydrogen (secondary N) is 1. The Labute approximate surface area is 155 Å². The highest BCUT2D eigenvalue weighted by atomic mass is 35.5. The summed E-state index contributed by atoms with van der Waals surface area (Å²) >= 11 is 17.8. The number of carbonyl (C=O) groups is 1. The Kier molecular flexibility index (Phi) is 5.24. The van der Waals surface area contributed by atoms with Crippen LogP contribution in [0.25, 0.3) is 0 Å². The third-order valence-electron chi connectivity index (χ3n) is 4.19. The first kappa shape index (κ1) is 17.4. The molecule has 1 fully saturated rings. The fraction of sp³-hybridized carbons (Fsp3) is 0.278. The predicted molar refractivity (Wildman–Crippen MR) is 97.3 cm³/mol. The van der Waals surface area contributed by atoms with Crippen LogP contribution in [0, 0.1) is 0 Å². The van der Waals surface area contributed by atoms with E-state index in [0.29, 0.717) is 27.4 Å². The lowest BCUT2D eigenvalue weighted by atomic mass is 9.96. The van der Waals surface area contributed by atoms with E-state index in [1.54, 1.807) is 18.2 Å². The summed E-state index contributed by atoms with van der Waals surface area (Å²) in [6.45, 7) is 0.503. The molecule has 1 aliphatic carbocycles. The highest BCUT2D eigenvalue weighted by Crippen LogP contribution is 2.47. The lowest BCUT2D eigenvalue weighted by molar-refractivity contribution is -0.123. The van der Waals surface area contributed by atoms with Gasteiger partial charge in [-0.1, -0.05) is 46.9 Å². The van der Waals surface area contributed by atoms with Gasteiger partial charge in [-0.2, -0.15) is 0 Å². The summed E-state index contributed by atoms with van der Waals surface area (Å²) in [4.78, 5) is 12.0. The van der Waals surface area contributed by atoms with Gasteiger partial charge in [0, 0.05) is 22.0 Å². The summed E-state index contributed by atoms with van der Waals surface area (Å²) in [5.41, 5.74) is 1.23. The number of rotatable bonds is 6. The molecule has 24 heavy (non-hydrogen) atoms. The number of hydrogen-bond acceptors (Lipinski definition) is 2. The molecule has 0 bridgehead atoms. The maximum Gasteiger partial charge on any atom is 0.257 e. The van der Waals surface area contributed by atoms with E-state index in [0.717, 1.165) is 12.8 Å². The molecule has 6 heteroatoms. The van der Waals surface area contributed by atoms with Crippen LogP contribution >= 0.6 is 34.8 Å². The van der Waals surface area contributed by atoms with E-state index >= 15 is 0 Å². The van der Waals surface area contributed by atoms with Crippen LogP contribution in [-0.4, -0.2) is 19.1 Å². The van der Waals surface area contributed by atoms with Crippen molar-refractivity contribution < 1.29 is 9.53 Å². The fourth-order valence-corrected chi connectivity index (χ4v) is 3.17. The molecule has 0 unspecified atom stereocenters. The number of ether oxygens (including phenoxy) is 1. The zero-order valence-corrected chi connectivity index (χ0v) is 15.1. The van der Waals surface area contributed by atoms with E-state index in [2.05, 4.69) is 5.32 Å². The minimum absolute atomic E-state index is 0.0260. The fourth-order valence-electron chi connectivity index (χ4n) is 2.58. The molecule has 1 saturated carbocycles. The molecule has 126 valence electrons. The summed E-state index contributed by atoms with van der Waals surface area (Å²) in [5.74, 6) is 0.260. The second-order valence-corrected chi connectivity index (χ2v) is 7.21. The molecule has 1 amide bonds. The van der Waals surface area contributed by atoms with Crippen LogP contribution in [-0.2, 0) is 10.2 Å². The molecule has 0 spiro atoms. The van der Waals surface area contributed by atoms with Gasteiger partial charge >= 0.3 is 0 Å². The first-order valence-corrected chi connectivity index (χ1v) is 8.72. The number of amides is 1. The van der Waals surface area contributed by atoms with Crippen molar-refractivity contribution in [2.45, 2.75) is 18.3 Å². The summed E-state index contributed by atoms with van der Waals surface area (Å²) in [6, 6.07) is 12.7. The van der Waals surface area contributed by atoms with Crippen molar-refractivity contribution in [3.8, 4) is 5.75 Å². The van der Waals surface area contributed by atoms with Crippen molar-refractivity contribution in [2.24, 2.45) is 0 Å². The molecule has 0 radical (unpaired) electrons. The van der Waals surface area contributed by atoms with Crippen molar-refractivity contribution in [1.82, 2.24) is 5.32 Å². The van der Waals surface area contributed by atoms with Gasteiger partial charge in [-0.3, -0.25) is 4.79 Å². The average molecular weight is 385 g/mol. The first-order chi connectivity index (χ1) is 11.5. The lowest BCUT2D eigenvalue weighted by Gasteiger charge is -2.17. The third-order valence-corrected chi connectivity index (χ3v) is 4.97. The van der Waals surface area contributed by atoms with Crippen LogP contribution in [0.3, 0.4) is 0 Å². The van der Waals surface area contributed by atoms with E-state index in [1.165, 1.54) is 5.56 Å². The highest BCUT2D eigenvalue weighted by molar-refractivity contribution is 6.35. The second kappa shape index (κ2) is 7.22. The minimum Gasteiger partial charge on any atom is -0.482 e. The SMILES string of the molecule is O=C(COc1ccc(Cl)cc1Cl)NCC1(c2ccc(Cl)cc2)CC1. The van der Waals surface area contributed by atoms with Crippen molar-refractivity contribution in [3.63, 3.8) is 0 Å². The largest absolute Gasteiger partial charge is 0.482 e. The molecule has 0 aliphatic heterocycles. The van der Waals surface area contributed by atoms with Crippen molar-refractivity contribution in [1.29, 1.82) is 0 Å². The molecule has 3 nitrogen and oxygen atoms in total. The standard InChI is InChI=1S/C18H16Cl3NO2/c19-13-3-1-12(2-4-13)18(7-8-18)11-22-17(23)10-24-16-6-5-14(20)9-15(16)21/h1-6,9H,7-8,10-11H2,(H,22,23). The quantitative estimate of drug-likeness (QED) is 0.771. The Morgan fingerprint density at radius 1 is 1.04 bits per heavy atom. The number of halogens is 3. The molecule has 0 heterocycles. The van der Waals surface area contributed by atoms with E-state index in [-0.39, 0.29) is 17.9 Å². The summed E-state index contributed by atoms with van der Waals surface area (Å²) in [7, 11) is 0. The molecule has 2 aromatic carbocycles. The highest BCUT2D eigenvalue weighted by Gasteiger charge is 2.44. The average Bonchev–Trinajstić information content (AvgIpc) is 3.34. The van der Waals surface area contributed by atoms with Crippen LogP contribution in [0.2, 0.25) is 15.1 Å². The van der Waals surface area contributed by atoms with Gasteiger partial charge < -0.3 is 10.1 Å². The zero-order chi connectivity index (χ0) is 17.2. The van der Waals surface area contributed by atoms with Gasteiger partial charge in [-0.25, -0.2) is 0 Å². The molecule has 0 saturated heterocycles. The van der Waals surface area contributed by atoms with Gasteiger partial charge in [0.1, 0.15) is 5.75 Å². The molecule has 0 atom stereocenters. The van der Waals surface area contributed by atoms with Gasteiger partial charge in [0.25, 0.3) is 5.91 Å². The van der Waals surface area contributed by atoms with Gasteiger partial charge in [0.15, 0.2) is 6.61 Å². The topological polar surface area (TPSA) is 38.3 Å². The van der Waals surface area contributed by atoms with E-state index in [9.17, 15) is 4.79 Å². The molecule has 3 rings (SSSR count). The third kappa shape index (κ3) is 4.15. The normalized spacial score (nSPS) is 15.0. The molecular weight excluding hydrogens is 369 g/mol. The Balaban J connectivity index is 1.51. The van der Waals surface area contributed by atoms with Crippen LogP contribution in [0.1, 0.15) is 18.4 Å². The lowest BCUT2D eigenvalue weighted by Crippen LogP contribution is -2.35. The zero-order valence-electron chi connectivity index (χ0n) is 12.8. The monoisotopic (exact) mass is 383 g/mol. The molecular formula is C18H16Cl3NO2. The van der Waals surface area contributed by atoms with Crippen LogP contribution in [0.5, 0.6) is 5.75 Å². The van der Waals surface area contributed by atoms with Crippen molar-refractivity contribution in [3.05, 3.63) is 63.1 Å². The number of carbonyl (C=O) groups excluding carboxylic acids is 1. The number of hydrogen-bond donors (Lipinski definition) is 1. The molecule has 1 N–H and O–H groups in total. The Bertz CT molecular complexity index is 742. The van der Waals surface area contributed by atoms with Gasteiger partial charge in [0.2, 0.25) is 0 Å². The Morgan fingerprint density at radius 2 is 1.71 bits per heavy atom. The minimum atomic E-state index is -0.179. The summed E-state index contributed by atoms with van der Waals surface area (Å²) < 4.78 is 5.44.